The van der Waals surface area contributed by atoms with Crippen molar-refractivity contribution in [3.63, 3.8) is 0 Å². The Kier molecular flexibility index (Phi) is 4.74. The van der Waals surface area contributed by atoms with Crippen molar-refractivity contribution in [1.82, 2.24) is 15.5 Å². The molecule has 1 aromatic heterocycles. The summed E-state index contributed by atoms with van der Waals surface area (Å²) >= 11 is 1.35. The molecule has 0 bridgehead atoms. The molecule has 1 heterocycles. The second-order valence-electron chi connectivity index (χ2n) is 4.17. The first-order chi connectivity index (χ1) is 10.1. The molecule has 21 heavy (non-hydrogen) atoms. The summed E-state index contributed by atoms with van der Waals surface area (Å²) in [6.45, 7) is 1.94. The number of aromatic nitrogens is 2. The van der Waals surface area contributed by atoms with Crippen LogP contribution in [0.25, 0.3) is 11.3 Å². The average Bonchev–Trinajstić information content (AvgIpc) is 2.49. The highest BCUT2D eigenvalue weighted by molar-refractivity contribution is 8.13. The van der Waals surface area contributed by atoms with Gasteiger partial charge in [-0.2, -0.15) is 10.4 Å². The van der Waals surface area contributed by atoms with E-state index in [1.165, 1.54) is 17.8 Å². The van der Waals surface area contributed by atoms with Crippen molar-refractivity contribution in [3.8, 4) is 17.5 Å². The predicted molar refractivity (Wildman–Crippen MR) is 84.4 cm³/mol. The van der Waals surface area contributed by atoms with Crippen molar-refractivity contribution in [1.29, 1.82) is 5.26 Å². The van der Waals surface area contributed by atoms with Crippen LogP contribution in [0.1, 0.15) is 5.56 Å². The van der Waals surface area contributed by atoms with Gasteiger partial charge in [0.1, 0.15) is 0 Å². The smallest absolute Gasteiger partial charge is 0.264 e. The quantitative estimate of drug-likeness (QED) is 0.383. The molecule has 0 unspecified atom stereocenters. The molecule has 0 radical (unpaired) electrons. The number of nitrogens with one attached hydrogen (secondary N) is 2. The van der Waals surface area contributed by atoms with Gasteiger partial charge in [0.05, 0.1) is 11.4 Å². The Morgan fingerprint density at radius 3 is 2.86 bits per heavy atom. The third-order valence-corrected chi connectivity index (χ3v) is 3.34. The molecule has 7 heteroatoms. The minimum Gasteiger partial charge on any atom is -0.271 e. The molecular weight excluding hydrogens is 286 g/mol. The number of amidine groups is 1. The molecule has 2 rings (SSSR count). The lowest BCUT2D eigenvalue weighted by Crippen LogP contribution is -2.12. The number of H-pyrrole nitrogens is 1. The average molecular weight is 299 g/mol. The third kappa shape index (κ3) is 3.70. The molecule has 0 saturated carbocycles. The molecule has 0 aliphatic rings. The van der Waals surface area contributed by atoms with Gasteiger partial charge in [-0.05, 0) is 30.9 Å². The Morgan fingerprint density at radius 2 is 2.24 bits per heavy atom. The summed E-state index contributed by atoms with van der Waals surface area (Å²) in [5, 5.41) is 18.1. The van der Waals surface area contributed by atoms with E-state index in [0.29, 0.717) is 10.9 Å². The number of hydrogen-bond acceptors (Lipinski definition) is 5. The molecule has 0 aliphatic heterocycles. The van der Waals surface area contributed by atoms with Crippen LogP contribution in [0.2, 0.25) is 0 Å². The number of aromatic amines is 1. The van der Waals surface area contributed by atoms with E-state index in [4.69, 9.17) is 5.26 Å². The largest absolute Gasteiger partial charge is 0.271 e. The number of hydrogen-bond donors (Lipinski definition) is 2. The van der Waals surface area contributed by atoms with Crippen molar-refractivity contribution in [2.45, 2.75) is 6.92 Å². The van der Waals surface area contributed by atoms with Crippen LogP contribution in [0.3, 0.4) is 0 Å². The van der Waals surface area contributed by atoms with Crippen LogP contribution in [-0.2, 0) is 0 Å². The maximum atomic E-state index is 11.0. The zero-order valence-corrected chi connectivity index (χ0v) is 12.4. The predicted octanol–water partition coefficient (Wildman–Crippen LogP) is 2.17. The van der Waals surface area contributed by atoms with Crippen molar-refractivity contribution in [2.75, 3.05) is 6.26 Å². The fraction of sp³-hybridized carbons (Fsp3) is 0.143. The molecular formula is C14H13N5OS. The highest BCUT2D eigenvalue weighted by atomic mass is 32.2. The number of aliphatic imine (C=N–C) groups is 1. The molecule has 2 N–H and O–H groups in total. The fourth-order valence-electron chi connectivity index (χ4n) is 1.68. The monoisotopic (exact) mass is 299 g/mol. The van der Waals surface area contributed by atoms with E-state index < -0.39 is 0 Å². The molecule has 0 spiro atoms. The van der Waals surface area contributed by atoms with Gasteiger partial charge in [-0.3, -0.25) is 10.1 Å². The Hall–Kier alpha value is -2.59. The van der Waals surface area contributed by atoms with Crippen molar-refractivity contribution in [3.05, 3.63) is 46.2 Å². The number of nitrogens with zero attached hydrogens (tertiary/aromatic N) is 3. The number of rotatable bonds is 2. The van der Waals surface area contributed by atoms with E-state index in [1.807, 2.05) is 37.6 Å². The highest BCUT2D eigenvalue weighted by Crippen LogP contribution is 2.26. The standard InChI is InChI=1S/C14H13N5OS/c1-9-3-4-10(11-5-6-13(20)19-18-11)7-12(9)17-14(21-2)16-8-15/h3-7H,1-2H3,(H,16,17)(H,19,20). The number of benzene rings is 1. The lowest BCUT2D eigenvalue weighted by molar-refractivity contribution is 0.995. The van der Waals surface area contributed by atoms with Crippen LogP contribution < -0.4 is 10.9 Å². The highest BCUT2D eigenvalue weighted by Gasteiger charge is 2.05. The maximum absolute atomic E-state index is 11.0. The Morgan fingerprint density at radius 1 is 1.43 bits per heavy atom. The minimum absolute atomic E-state index is 0.244. The third-order valence-electron chi connectivity index (χ3n) is 2.76. The second kappa shape index (κ2) is 6.72. The van der Waals surface area contributed by atoms with Gasteiger partial charge in [-0.15, -0.1) is 0 Å². The van der Waals surface area contributed by atoms with E-state index in [2.05, 4.69) is 20.5 Å². The van der Waals surface area contributed by atoms with Gasteiger partial charge in [0.25, 0.3) is 5.56 Å². The molecule has 1 aromatic carbocycles. The molecule has 0 amide bonds. The number of thioether (sulfide) groups is 1. The van der Waals surface area contributed by atoms with E-state index in [9.17, 15) is 4.79 Å². The first-order valence-corrected chi connectivity index (χ1v) is 7.31. The van der Waals surface area contributed by atoms with Gasteiger partial charge >= 0.3 is 0 Å². The maximum Gasteiger partial charge on any atom is 0.264 e. The van der Waals surface area contributed by atoms with Gasteiger partial charge in [-0.1, -0.05) is 23.9 Å². The molecule has 0 fully saturated rings. The normalized spacial score (nSPS) is 11.0. The van der Waals surface area contributed by atoms with E-state index >= 15 is 0 Å². The lowest BCUT2D eigenvalue weighted by Gasteiger charge is -2.06. The molecule has 0 atom stereocenters. The summed E-state index contributed by atoms with van der Waals surface area (Å²) in [4.78, 5) is 15.5. The summed E-state index contributed by atoms with van der Waals surface area (Å²) in [7, 11) is 0. The SMILES string of the molecule is CSC(=Nc1cc(-c2ccc(=O)[nH]n2)ccc1C)NC#N. The minimum atomic E-state index is -0.244. The van der Waals surface area contributed by atoms with Gasteiger partial charge in [0, 0.05) is 11.6 Å². The van der Waals surface area contributed by atoms with Crippen LogP contribution in [0.5, 0.6) is 0 Å². The van der Waals surface area contributed by atoms with Crippen LogP contribution in [-0.4, -0.2) is 21.6 Å². The van der Waals surface area contributed by atoms with Crippen LogP contribution in [0.15, 0.2) is 40.1 Å². The molecule has 106 valence electrons. The van der Waals surface area contributed by atoms with E-state index in [0.717, 1.165) is 16.8 Å². The summed E-state index contributed by atoms with van der Waals surface area (Å²) in [5.74, 6) is 0. The summed E-state index contributed by atoms with van der Waals surface area (Å²) in [6.07, 6.45) is 3.70. The summed E-state index contributed by atoms with van der Waals surface area (Å²) in [5.41, 5.74) is 2.98. The summed E-state index contributed by atoms with van der Waals surface area (Å²) < 4.78 is 0. The van der Waals surface area contributed by atoms with Gasteiger partial charge in [-0.25, -0.2) is 10.1 Å². The van der Waals surface area contributed by atoms with Crippen molar-refractivity contribution >= 4 is 22.6 Å². The van der Waals surface area contributed by atoms with Crippen molar-refractivity contribution < 1.29 is 0 Å². The van der Waals surface area contributed by atoms with Gasteiger partial charge < -0.3 is 0 Å². The molecule has 2 aromatic rings. The fourth-order valence-corrected chi connectivity index (χ4v) is 2.01. The lowest BCUT2D eigenvalue weighted by atomic mass is 10.1. The molecule has 0 aliphatic carbocycles. The van der Waals surface area contributed by atoms with Gasteiger partial charge in [0.2, 0.25) is 0 Å². The topological polar surface area (TPSA) is 93.9 Å². The summed E-state index contributed by atoms with van der Waals surface area (Å²) in [6, 6.07) is 8.78. The zero-order valence-electron chi connectivity index (χ0n) is 11.5. The van der Waals surface area contributed by atoms with Crippen LogP contribution in [0, 0.1) is 18.4 Å². The second-order valence-corrected chi connectivity index (χ2v) is 4.96. The number of nitriles is 1. The molecule has 0 saturated heterocycles. The van der Waals surface area contributed by atoms with Crippen LogP contribution in [0.4, 0.5) is 5.69 Å². The molecule has 6 nitrogen and oxygen atoms in total. The zero-order chi connectivity index (χ0) is 15.2. The van der Waals surface area contributed by atoms with E-state index in [-0.39, 0.29) is 5.56 Å². The van der Waals surface area contributed by atoms with E-state index in [1.54, 1.807) is 6.07 Å². The first kappa shape index (κ1) is 14.8. The Labute approximate surface area is 125 Å². The first-order valence-electron chi connectivity index (χ1n) is 6.08. The van der Waals surface area contributed by atoms with Crippen molar-refractivity contribution in [2.24, 2.45) is 4.99 Å². The van der Waals surface area contributed by atoms with Crippen LogP contribution >= 0.6 is 11.8 Å². The van der Waals surface area contributed by atoms with Gasteiger partial charge in [0.15, 0.2) is 11.4 Å². The Balaban J connectivity index is 2.44. The Bertz CT molecular complexity index is 755. The number of aryl methyl sites for hydroxylation is 1.